The average Bonchev–Trinajstić information content (AvgIpc) is 3.55. The van der Waals surface area contributed by atoms with Crippen LogP contribution in [0.25, 0.3) is 32.5 Å². The van der Waals surface area contributed by atoms with Crippen molar-refractivity contribution < 1.29 is 0 Å². The van der Waals surface area contributed by atoms with E-state index in [9.17, 15) is 0 Å². The second kappa shape index (κ2) is 10.3. The Labute approximate surface area is 246 Å². The Hall–Kier alpha value is -4.90. The monoisotopic (exact) mass is 547 g/mol. The Bertz CT molecular complexity index is 1890. The lowest BCUT2D eigenvalue weighted by molar-refractivity contribution is 0.660. The van der Waals surface area contributed by atoms with Crippen LogP contribution in [0.2, 0.25) is 0 Å². The fourth-order valence-electron chi connectivity index (χ4n) is 5.69. The van der Waals surface area contributed by atoms with Crippen molar-refractivity contribution in [3.63, 3.8) is 0 Å². The summed E-state index contributed by atoms with van der Waals surface area (Å²) < 4.78 is 0. The van der Waals surface area contributed by atoms with E-state index in [1.165, 1.54) is 33.4 Å². The van der Waals surface area contributed by atoms with Gasteiger partial charge in [-0.05, 0) is 101 Å². The Morgan fingerprint density at radius 2 is 1.54 bits per heavy atom. The highest BCUT2D eigenvalue weighted by Gasteiger charge is 2.35. The van der Waals surface area contributed by atoms with Crippen molar-refractivity contribution in [1.29, 1.82) is 5.26 Å². The molecule has 41 heavy (non-hydrogen) atoms. The highest BCUT2D eigenvalue weighted by atomic mass is 32.1. The lowest BCUT2D eigenvalue weighted by atomic mass is 9.82. The molecule has 1 aliphatic rings. The van der Waals surface area contributed by atoms with Crippen LogP contribution >= 0.6 is 11.3 Å². The molecule has 1 aliphatic carbocycles. The maximum absolute atomic E-state index is 9.09. The van der Waals surface area contributed by atoms with Crippen molar-refractivity contribution in [2.45, 2.75) is 33.1 Å². The molecule has 198 valence electrons. The normalized spacial score (nSPS) is 13.2. The third-order valence-corrected chi connectivity index (χ3v) is 9.24. The number of benzene rings is 4. The lowest BCUT2D eigenvalue weighted by Gasteiger charge is -2.27. The minimum atomic E-state index is -0.0771. The maximum Gasteiger partial charge on any atom is 0.262 e. The number of fused-ring (bicyclic) bond motifs is 3. The second-order valence-electron chi connectivity index (χ2n) is 11.0. The molecule has 0 fully saturated rings. The van der Waals surface area contributed by atoms with Crippen molar-refractivity contribution in [3.05, 3.63) is 142 Å². The molecule has 0 aliphatic heterocycles. The predicted molar refractivity (Wildman–Crippen MR) is 172 cm³/mol. The first-order valence-electron chi connectivity index (χ1n) is 13.6. The van der Waals surface area contributed by atoms with Crippen molar-refractivity contribution in [2.75, 3.05) is 4.90 Å². The minimum absolute atomic E-state index is 0.0771. The first-order valence-corrected chi connectivity index (χ1v) is 14.4. The number of hydrogen-bond acceptors (Lipinski definition) is 3. The topological polar surface area (TPSA) is 31.4 Å². The Morgan fingerprint density at radius 1 is 0.829 bits per heavy atom. The summed E-state index contributed by atoms with van der Waals surface area (Å²) >= 11 is 1.75. The van der Waals surface area contributed by atoms with Crippen LogP contribution in [0.4, 0.5) is 16.4 Å². The number of hydrogen-bond donors (Lipinski definition) is 0. The maximum atomic E-state index is 9.09. The molecule has 0 radical (unpaired) electrons. The van der Waals surface area contributed by atoms with Gasteiger partial charge in [0.15, 0.2) is 0 Å². The quantitative estimate of drug-likeness (QED) is 0.162. The SMILES string of the molecule is [C-]#[N+]/C(C#N)=C\c1ccc(-c2ccc(N(c3ccc(C)c(C)c3)c3ccc4c(c3)C(C)(C)c3ccccc3-4)s2)cc1. The number of nitriles is 1. The van der Waals surface area contributed by atoms with Crippen molar-refractivity contribution >= 4 is 33.8 Å². The zero-order valence-corrected chi connectivity index (χ0v) is 24.4. The van der Waals surface area contributed by atoms with E-state index in [1.807, 2.05) is 18.2 Å². The molecular formula is C37H29N3S. The van der Waals surface area contributed by atoms with E-state index in [4.69, 9.17) is 11.8 Å². The molecule has 0 N–H and O–H groups in total. The van der Waals surface area contributed by atoms with Crippen molar-refractivity contribution in [1.82, 2.24) is 0 Å². The Morgan fingerprint density at radius 3 is 2.27 bits per heavy atom. The number of thiophene rings is 1. The summed E-state index contributed by atoms with van der Waals surface area (Å²) in [7, 11) is 0. The predicted octanol–water partition coefficient (Wildman–Crippen LogP) is 10.6. The Balaban J connectivity index is 1.43. The van der Waals surface area contributed by atoms with E-state index in [-0.39, 0.29) is 11.1 Å². The van der Waals surface area contributed by atoms with Crippen LogP contribution in [0.3, 0.4) is 0 Å². The van der Waals surface area contributed by atoms with Gasteiger partial charge in [0.25, 0.3) is 5.70 Å². The van der Waals surface area contributed by atoms with Crippen molar-refractivity contribution in [2.24, 2.45) is 0 Å². The molecule has 0 unspecified atom stereocenters. The molecule has 1 aromatic heterocycles. The zero-order valence-electron chi connectivity index (χ0n) is 23.6. The van der Waals surface area contributed by atoms with Crippen LogP contribution in [-0.2, 0) is 5.41 Å². The van der Waals surface area contributed by atoms with Gasteiger partial charge in [-0.3, -0.25) is 0 Å². The molecule has 0 saturated carbocycles. The van der Waals surface area contributed by atoms with E-state index in [0.717, 1.165) is 32.4 Å². The number of anilines is 3. The molecule has 1 heterocycles. The molecule has 5 aromatic rings. The molecular weight excluding hydrogens is 518 g/mol. The third kappa shape index (κ3) is 4.63. The standard InChI is InChI=1S/C37H29N3S/c1-24-10-15-29(20-25(24)2)40(30-16-17-32-31-8-6-7-9-33(31)37(3,4)34(32)22-30)36-19-18-35(41-36)27-13-11-26(12-14-27)21-28(23-38)39-5/h6-22H,1-4H3/b28-21-. The van der Waals surface area contributed by atoms with Gasteiger partial charge in [-0.25, -0.2) is 10.1 Å². The van der Waals surface area contributed by atoms with Crippen LogP contribution < -0.4 is 4.90 Å². The number of nitrogens with zero attached hydrogens (tertiary/aromatic N) is 3. The van der Waals surface area contributed by atoms with Gasteiger partial charge in [0, 0.05) is 21.7 Å². The minimum Gasteiger partial charge on any atom is -0.302 e. The highest BCUT2D eigenvalue weighted by Crippen LogP contribution is 2.51. The van der Waals surface area contributed by atoms with Crippen LogP contribution in [0.5, 0.6) is 0 Å². The van der Waals surface area contributed by atoms with Gasteiger partial charge in [0.05, 0.1) is 12.6 Å². The van der Waals surface area contributed by atoms with E-state index >= 15 is 0 Å². The first kappa shape index (κ1) is 26.3. The summed E-state index contributed by atoms with van der Waals surface area (Å²) in [5.74, 6) is 0. The van der Waals surface area contributed by atoms with Gasteiger partial charge in [0.2, 0.25) is 0 Å². The first-order chi connectivity index (χ1) is 19.8. The van der Waals surface area contributed by atoms with E-state index in [0.29, 0.717) is 0 Å². The summed E-state index contributed by atoms with van der Waals surface area (Å²) in [4.78, 5) is 6.79. The molecule has 0 bridgehead atoms. The average molecular weight is 548 g/mol. The molecule has 0 atom stereocenters. The van der Waals surface area contributed by atoms with Crippen LogP contribution in [-0.4, -0.2) is 0 Å². The smallest absolute Gasteiger partial charge is 0.262 e. The summed E-state index contributed by atoms with van der Waals surface area (Å²) in [5.41, 5.74) is 12.1. The molecule has 4 heteroatoms. The lowest BCUT2D eigenvalue weighted by Crippen LogP contribution is -2.16. The largest absolute Gasteiger partial charge is 0.302 e. The van der Waals surface area contributed by atoms with Gasteiger partial charge in [-0.1, -0.05) is 74.5 Å². The van der Waals surface area contributed by atoms with Gasteiger partial charge < -0.3 is 4.90 Å². The molecule has 3 nitrogen and oxygen atoms in total. The summed E-state index contributed by atoms with van der Waals surface area (Å²) in [5, 5.41) is 10.2. The van der Waals surface area contributed by atoms with Gasteiger partial charge in [0.1, 0.15) is 5.00 Å². The van der Waals surface area contributed by atoms with Crippen LogP contribution in [0, 0.1) is 31.8 Å². The Kier molecular flexibility index (Phi) is 6.58. The van der Waals surface area contributed by atoms with E-state index in [2.05, 4.69) is 122 Å². The fraction of sp³-hybridized carbons (Fsp3) is 0.135. The van der Waals surface area contributed by atoms with Gasteiger partial charge >= 0.3 is 0 Å². The molecule has 0 amide bonds. The number of rotatable bonds is 5. The molecule has 4 aromatic carbocycles. The number of aryl methyl sites for hydroxylation is 2. The number of allylic oxidation sites excluding steroid dienone is 1. The summed E-state index contributed by atoms with van der Waals surface area (Å²) in [6, 6.07) is 36.7. The van der Waals surface area contributed by atoms with E-state index in [1.54, 1.807) is 17.4 Å². The molecule has 0 saturated heterocycles. The third-order valence-electron chi connectivity index (χ3n) is 8.12. The zero-order chi connectivity index (χ0) is 28.7. The van der Waals surface area contributed by atoms with Crippen LogP contribution in [0.15, 0.2) is 103 Å². The van der Waals surface area contributed by atoms with E-state index < -0.39 is 0 Å². The molecule has 6 rings (SSSR count). The fourth-order valence-corrected chi connectivity index (χ4v) is 6.75. The molecule has 0 spiro atoms. The van der Waals surface area contributed by atoms with Crippen molar-refractivity contribution in [3.8, 4) is 27.6 Å². The van der Waals surface area contributed by atoms with Gasteiger partial charge in [-0.2, -0.15) is 0 Å². The summed E-state index contributed by atoms with van der Waals surface area (Å²) in [6.45, 7) is 16.1. The van der Waals surface area contributed by atoms with Gasteiger partial charge in [-0.15, -0.1) is 11.3 Å². The second-order valence-corrected chi connectivity index (χ2v) is 12.1. The highest BCUT2D eigenvalue weighted by molar-refractivity contribution is 7.19. The summed E-state index contributed by atoms with van der Waals surface area (Å²) in [6.07, 6.45) is 1.62. The van der Waals surface area contributed by atoms with Crippen LogP contribution in [0.1, 0.15) is 41.7 Å².